The largest absolute Gasteiger partial charge is 0.350 e. The molecular weight excluding hydrogens is 230 g/mol. The monoisotopic (exact) mass is 243 g/mol. The third-order valence-electron chi connectivity index (χ3n) is 2.75. The zero-order chi connectivity index (χ0) is 12.7. The number of amides is 1. The first-order valence-corrected chi connectivity index (χ1v) is 5.77. The Morgan fingerprint density at radius 2 is 2.17 bits per heavy atom. The van der Waals surface area contributed by atoms with E-state index in [-0.39, 0.29) is 11.9 Å². The van der Waals surface area contributed by atoms with Gasteiger partial charge in [0.1, 0.15) is 11.2 Å². The van der Waals surface area contributed by atoms with Crippen LogP contribution in [-0.4, -0.2) is 31.9 Å². The lowest BCUT2D eigenvalue weighted by molar-refractivity contribution is 0.0945. The van der Waals surface area contributed by atoms with Crippen molar-refractivity contribution in [3.63, 3.8) is 0 Å². The Balaban J connectivity index is 2.23. The second-order valence-electron chi connectivity index (χ2n) is 4.48. The highest BCUT2D eigenvalue weighted by Gasteiger charge is 2.16. The fourth-order valence-corrected chi connectivity index (χ4v) is 2.00. The minimum atomic E-state index is -0.117. The van der Waals surface area contributed by atoms with Crippen LogP contribution in [0, 0.1) is 0 Å². The summed E-state index contributed by atoms with van der Waals surface area (Å²) in [5, 5.41) is 3.63. The second-order valence-corrected chi connectivity index (χ2v) is 4.48. The molecule has 18 heavy (non-hydrogen) atoms. The molecule has 0 radical (unpaired) electrons. The van der Waals surface area contributed by atoms with Crippen molar-refractivity contribution in [2.45, 2.75) is 19.9 Å². The van der Waals surface area contributed by atoms with Crippen molar-refractivity contribution >= 4 is 28.0 Å². The fraction of sp³-hybridized carbons (Fsp3) is 0.250. The van der Waals surface area contributed by atoms with Crippen LogP contribution in [0.5, 0.6) is 0 Å². The number of H-pyrrole nitrogens is 2. The number of hydrogen-bond donors (Lipinski definition) is 3. The van der Waals surface area contributed by atoms with E-state index in [2.05, 4.69) is 25.3 Å². The van der Waals surface area contributed by atoms with Gasteiger partial charge in [0, 0.05) is 12.2 Å². The first-order valence-electron chi connectivity index (χ1n) is 5.77. The molecule has 6 heteroatoms. The van der Waals surface area contributed by atoms with Crippen LogP contribution >= 0.6 is 0 Å². The average molecular weight is 243 g/mol. The molecule has 0 atom stereocenters. The van der Waals surface area contributed by atoms with Crippen LogP contribution in [0.2, 0.25) is 0 Å². The number of aromatic amines is 2. The number of rotatable bonds is 2. The van der Waals surface area contributed by atoms with E-state index in [0.717, 1.165) is 16.4 Å². The molecule has 0 unspecified atom stereocenters. The predicted molar refractivity (Wildman–Crippen MR) is 68.3 cm³/mol. The lowest BCUT2D eigenvalue weighted by Crippen LogP contribution is -2.29. The van der Waals surface area contributed by atoms with E-state index in [1.807, 2.05) is 13.8 Å². The van der Waals surface area contributed by atoms with Gasteiger partial charge in [-0.15, -0.1) is 0 Å². The molecule has 3 aromatic heterocycles. The van der Waals surface area contributed by atoms with Gasteiger partial charge in [-0.1, -0.05) is 0 Å². The number of nitrogens with one attached hydrogen (secondary N) is 3. The van der Waals surface area contributed by atoms with Gasteiger partial charge in [0.25, 0.3) is 5.91 Å². The standard InChI is InChI=1S/C12H13N5O/c1-6(2)17-12(18)7-3-13-11-9(7)10-8(4-14-11)15-5-16-10/h3-6H,1-2H3,(H,13,14)(H,15,16)(H,17,18). The Morgan fingerprint density at radius 1 is 1.33 bits per heavy atom. The third kappa shape index (κ3) is 1.54. The minimum Gasteiger partial charge on any atom is -0.350 e. The van der Waals surface area contributed by atoms with Crippen molar-refractivity contribution in [3.05, 3.63) is 24.3 Å². The van der Waals surface area contributed by atoms with Crippen LogP contribution in [0.3, 0.4) is 0 Å². The Kier molecular flexibility index (Phi) is 2.29. The van der Waals surface area contributed by atoms with Gasteiger partial charge >= 0.3 is 0 Å². The molecule has 0 aromatic carbocycles. The third-order valence-corrected chi connectivity index (χ3v) is 2.75. The molecule has 0 aliphatic carbocycles. The van der Waals surface area contributed by atoms with E-state index in [4.69, 9.17) is 0 Å². The molecule has 1 amide bonds. The van der Waals surface area contributed by atoms with Crippen molar-refractivity contribution in [1.29, 1.82) is 0 Å². The van der Waals surface area contributed by atoms with Crippen molar-refractivity contribution in [1.82, 2.24) is 25.3 Å². The van der Waals surface area contributed by atoms with E-state index >= 15 is 0 Å². The van der Waals surface area contributed by atoms with Gasteiger partial charge in [-0.25, -0.2) is 9.97 Å². The molecule has 0 saturated carbocycles. The number of nitrogens with zero attached hydrogens (tertiary/aromatic N) is 2. The number of imidazole rings is 1. The van der Waals surface area contributed by atoms with E-state index in [1.165, 1.54) is 0 Å². The first kappa shape index (κ1) is 10.8. The summed E-state index contributed by atoms with van der Waals surface area (Å²) in [6, 6.07) is 0.0915. The van der Waals surface area contributed by atoms with E-state index in [1.54, 1.807) is 18.7 Å². The Bertz CT molecular complexity index is 724. The van der Waals surface area contributed by atoms with Crippen LogP contribution < -0.4 is 5.32 Å². The van der Waals surface area contributed by atoms with Crippen LogP contribution in [0.15, 0.2) is 18.7 Å². The predicted octanol–water partition coefficient (Wildman–Crippen LogP) is 1.58. The zero-order valence-corrected chi connectivity index (χ0v) is 10.1. The van der Waals surface area contributed by atoms with Crippen LogP contribution in [-0.2, 0) is 0 Å². The minimum absolute atomic E-state index is 0.0915. The molecule has 92 valence electrons. The number of fused-ring (bicyclic) bond motifs is 3. The smallest absolute Gasteiger partial charge is 0.253 e. The Morgan fingerprint density at radius 3 is 2.94 bits per heavy atom. The van der Waals surface area contributed by atoms with E-state index in [0.29, 0.717) is 11.2 Å². The molecule has 0 aliphatic heterocycles. The summed E-state index contributed by atoms with van der Waals surface area (Å²) in [7, 11) is 0. The summed E-state index contributed by atoms with van der Waals surface area (Å²) < 4.78 is 0. The highest BCUT2D eigenvalue weighted by atomic mass is 16.1. The lowest BCUT2D eigenvalue weighted by atomic mass is 10.2. The molecule has 0 spiro atoms. The molecule has 0 bridgehead atoms. The van der Waals surface area contributed by atoms with Gasteiger partial charge < -0.3 is 15.3 Å². The topological polar surface area (TPSA) is 86.5 Å². The maximum Gasteiger partial charge on any atom is 0.253 e. The maximum atomic E-state index is 12.1. The summed E-state index contributed by atoms with van der Waals surface area (Å²) in [4.78, 5) is 26.6. The number of pyridine rings is 1. The summed E-state index contributed by atoms with van der Waals surface area (Å²) >= 11 is 0. The lowest BCUT2D eigenvalue weighted by Gasteiger charge is -2.06. The molecule has 3 heterocycles. The van der Waals surface area contributed by atoms with Gasteiger partial charge in [0.2, 0.25) is 0 Å². The average Bonchev–Trinajstić information content (AvgIpc) is 2.93. The summed E-state index contributed by atoms with van der Waals surface area (Å²) in [6.07, 6.45) is 4.97. The quantitative estimate of drug-likeness (QED) is 0.638. The molecule has 3 aromatic rings. The summed E-state index contributed by atoms with van der Waals surface area (Å²) in [5.41, 5.74) is 2.82. The molecule has 3 rings (SSSR count). The highest BCUT2D eigenvalue weighted by Crippen LogP contribution is 2.23. The van der Waals surface area contributed by atoms with Gasteiger partial charge in [-0.3, -0.25) is 4.79 Å². The van der Waals surface area contributed by atoms with Crippen LogP contribution in [0.4, 0.5) is 0 Å². The highest BCUT2D eigenvalue weighted by molar-refractivity contribution is 6.14. The van der Waals surface area contributed by atoms with Gasteiger partial charge in [0.05, 0.1) is 29.0 Å². The second kappa shape index (κ2) is 3.83. The number of carbonyl (C=O) groups excluding carboxylic acids is 1. The van der Waals surface area contributed by atoms with Crippen LogP contribution in [0.1, 0.15) is 24.2 Å². The number of hydrogen-bond acceptors (Lipinski definition) is 3. The molecule has 0 saturated heterocycles. The normalized spacial score (nSPS) is 11.5. The maximum absolute atomic E-state index is 12.1. The molecule has 0 aliphatic rings. The van der Waals surface area contributed by atoms with E-state index in [9.17, 15) is 4.79 Å². The summed E-state index contributed by atoms with van der Waals surface area (Å²) in [6.45, 7) is 3.85. The van der Waals surface area contributed by atoms with Crippen LogP contribution in [0.25, 0.3) is 22.1 Å². The Labute approximate surface area is 103 Å². The van der Waals surface area contributed by atoms with Gasteiger partial charge in [-0.2, -0.15) is 0 Å². The molecule has 0 fully saturated rings. The SMILES string of the molecule is CC(C)NC(=O)c1c[nH]c2ncc3[nH]cnc3c12. The molecule has 6 nitrogen and oxygen atoms in total. The fourth-order valence-electron chi connectivity index (χ4n) is 2.00. The first-order chi connectivity index (χ1) is 8.66. The van der Waals surface area contributed by atoms with Crippen molar-refractivity contribution in [3.8, 4) is 0 Å². The van der Waals surface area contributed by atoms with Crippen molar-refractivity contribution in [2.75, 3.05) is 0 Å². The van der Waals surface area contributed by atoms with Crippen molar-refractivity contribution in [2.24, 2.45) is 0 Å². The van der Waals surface area contributed by atoms with Gasteiger partial charge in [-0.05, 0) is 13.8 Å². The molecule has 3 N–H and O–H groups in total. The summed E-state index contributed by atoms with van der Waals surface area (Å²) in [5.74, 6) is -0.117. The molecular formula is C12H13N5O. The Hall–Kier alpha value is -2.37. The number of aromatic nitrogens is 4. The van der Waals surface area contributed by atoms with Crippen molar-refractivity contribution < 1.29 is 4.79 Å². The number of carbonyl (C=O) groups is 1. The van der Waals surface area contributed by atoms with Gasteiger partial charge in [0.15, 0.2) is 0 Å². The zero-order valence-electron chi connectivity index (χ0n) is 10.1. The van der Waals surface area contributed by atoms with E-state index < -0.39 is 0 Å².